The maximum absolute atomic E-state index is 12.7. The third-order valence-electron chi connectivity index (χ3n) is 3.46. The van der Waals surface area contributed by atoms with Crippen LogP contribution in [0.4, 0.5) is 13.2 Å². The van der Waals surface area contributed by atoms with Gasteiger partial charge in [0.2, 0.25) is 5.91 Å². The fourth-order valence-corrected chi connectivity index (χ4v) is 2.34. The minimum absolute atomic E-state index is 0.102. The van der Waals surface area contributed by atoms with E-state index >= 15 is 0 Å². The van der Waals surface area contributed by atoms with Crippen molar-refractivity contribution < 1.29 is 22.7 Å². The number of rotatable bonds is 5. The molecule has 1 N–H and O–H groups in total. The van der Waals surface area contributed by atoms with E-state index in [4.69, 9.17) is 4.74 Å². The summed E-state index contributed by atoms with van der Waals surface area (Å²) in [5.74, 6) is 0.399. The monoisotopic (exact) mass is 365 g/mol. The molecule has 2 rings (SSSR count). The third kappa shape index (κ3) is 6.43. The Morgan fingerprint density at radius 1 is 1.00 bits per heavy atom. The molecule has 140 valence electrons. The number of alkyl halides is 3. The molecule has 0 radical (unpaired) electrons. The van der Waals surface area contributed by atoms with Crippen LogP contribution in [0.1, 0.15) is 37.5 Å². The van der Waals surface area contributed by atoms with Gasteiger partial charge in [-0.2, -0.15) is 13.2 Å². The Balaban J connectivity index is 1.89. The summed E-state index contributed by atoms with van der Waals surface area (Å²) in [6.07, 6.45) is -4.52. The molecule has 26 heavy (non-hydrogen) atoms. The van der Waals surface area contributed by atoms with Gasteiger partial charge < -0.3 is 10.1 Å². The van der Waals surface area contributed by atoms with Gasteiger partial charge in [-0.15, -0.1) is 0 Å². The lowest BCUT2D eigenvalue weighted by Crippen LogP contribution is -2.25. The van der Waals surface area contributed by atoms with Gasteiger partial charge in [0.25, 0.3) is 0 Å². The fourth-order valence-electron chi connectivity index (χ4n) is 2.34. The Morgan fingerprint density at radius 3 is 2.23 bits per heavy atom. The molecular weight excluding hydrogens is 343 g/mol. The molecule has 2 aromatic rings. The van der Waals surface area contributed by atoms with E-state index in [-0.39, 0.29) is 17.9 Å². The van der Waals surface area contributed by atoms with Crippen LogP contribution in [0.15, 0.2) is 48.5 Å². The van der Waals surface area contributed by atoms with E-state index < -0.39 is 11.7 Å². The van der Waals surface area contributed by atoms with E-state index in [0.717, 1.165) is 23.4 Å². The fraction of sp³-hybridized carbons (Fsp3) is 0.350. The largest absolute Gasteiger partial charge is 0.488 e. The molecule has 0 saturated heterocycles. The second-order valence-corrected chi connectivity index (χ2v) is 7.01. The van der Waals surface area contributed by atoms with Crippen LogP contribution in [0.25, 0.3) is 0 Å². The molecule has 0 atom stereocenters. The SMILES string of the molecule is CC(C)(C)Oc1ccc(CNC(=O)Cc2cccc(C(F)(F)F)c2)cc1. The summed E-state index contributed by atoms with van der Waals surface area (Å²) in [7, 11) is 0. The first kappa shape index (κ1) is 19.8. The van der Waals surface area contributed by atoms with Crippen LogP contribution >= 0.6 is 0 Å². The third-order valence-corrected chi connectivity index (χ3v) is 3.46. The predicted molar refractivity (Wildman–Crippen MR) is 93.8 cm³/mol. The second-order valence-electron chi connectivity index (χ2n) is 7.01. The van der Waals surface area contributed by atoms with E-state index in [1.54, 1.807) is 0 Å². The number of halogens is 3. The van der Waals surface area contributed by atoms with Gasteiger partial charge in [0.05, 0.1) is 12.0 Å². The van der Waals surface area contributed by atoms with Gasteiger partial charge in [-0.3, -0.25) is 4.79 Å². The molecule has 0 bridgehead atoms. The first-order valence-electron chi connectivity index (χ1n) is 8.24. The molecule has 2 aromatic carbocycles. The van der Waals surface area contributed by atoms with Crippen LogP contribution < -0.4 is 10.1 Å². The molecule has 6 heteroatoms. The van der Waals surface area contributed by atoms with E-state index in [9.17, 15) is 18.0 Å². The Kier molecular flexibility index (Phi) is 5.95. The zero-order valence-electron chi connectivity index (χ0n) is 15.0. The van der Waals surface area contributed by atoms with Gasteiger partial charge in [0.15, 0.2) is 0 Å². The summed E-state index contributed by atoms with van der Waals surface area (Å²) in [5.41, 5.74) is 0.160. The highest BCUT2D eigenvalue weighted by Gasteiger charge is 2.30. The average molecular weight is 365 g/mol. The summed E-state index contributed by atoms with van der Waals surface area (Å²) in [4.78, 5) is 12.0. The molecule has 1 amide bonds. The number of nitrogens with one attached hydrogen (secondary N) is 1. The minimum atomic E-state index is -4.41. The Bertz CT molecular complexity index is 747. The Hall–Kier alpha value is -2.50. The molecule has 0 saturated carbocycles. The molecule has 0 unspecified atom stereocenters. The number of hydrogen-bond donors (Lipinski definition) is 1. The lowest BCUT2D eigenvalue weighted by molar-refractivity contribution is -0.137. The predicted octanol–water partition coefficient (Wildman–Crippen LogP) is 4.74. The maximum Gasteiger partial charge on any atom is 0.416 e. The van der Waals surface area contributed by atoms with Crippen molar-refractivity contribution >= 4 is 5.91 Å². The van der Waals surface area contributed by atoms with Crippen molar-refractivity contribution in [3.8, 4) is 5.75 Å². The molecule has 0 heterocycles. The normalized spacial score (nSPS) is 11.9. The standard InChI is InChI=1S/C20H22F3NO2/c1-19(2,3)26-17-9-7-14(8-10-17)13-24-18(25)12-15-5-4-6-16(11-15)20(21,22)23/h4-11H,12-13H2,1-3H3,(H,24,25). The molecular formula is C20H22F3NO2. The summed E-state index contributed by atoms with van der Waals surface area (Å²) in [6.45, 7) is 6.16. The number of carbonyl (C=O) groups is 1. The van der Waals surface area contributed by atoms with Crippen molar-refractivity contribution in [1.29, 1.82) is 0 Å². The zero-order valence-corrected chi connectivity index (χ0v) is 15.0. The Labute approximate surface area is 151 Å². The van der Waals surface area contributed by atoms with Crippen molar-refractivity contribution in [2.24, 2.45) is 0 Å². The highest BCUT2D eigenvalue weighted by molar-refractivity contribution is 5.78. The molecule has 0 aromatic heterocycles. The number of amides is 1. The minimum Gasteiger partial charge on any atom is -0.488 e. The smallest absolute Gasteiger partial charge is 0.416 e. The summed E-state index contributed by atoms with van der Waals surface area (Å²) in [5, 5.41) is 2.71. The van der Waals surface area contributed by atoms with E-state index in [1.807, 2.05) is 45.0 Å². The number of hydrogen-bond acceptors (Lipinski definition) is 2. The van der Waals surface area contributed by atoms with Crippen molar-refractivity contribution in [2.75, 3.05) is 0 Å². The number of benzene rings is 2. The first-order valence-corrected chi connectivity index (χ1v) is 8.24. The highest BCUT2D eigenvalue weighted by atomic mass is 19.4. The van der Waals surface area contributed by atoms with Gasteiger partial charge >= 0.3 is 6.18 Å². The highest BCUT2D eigenvalue weighted by Crippen LogP contribution is 2.29. The molecule has 0 spiro atoms. The molecule has 0 aliphatic heterocycles. The van der Waals surface area contributed by atoms with Crippen LogP contribution in [0, 0.1) is 0 Å². The number of ether oxygens (including phenoxy) is 1. The van der Waals surface area contributed by atoms with Crippen LogP contribution in [0.3, 0.4) is 0 Å². The average Bonchev–Trinajstić information content (AvgIpc) is 2.52. The topological polar surface area (TPSA) is 38.3 Å². The lowest BCUT2D eigenvalue weighted by Gasteiger charge is -2.21. The second kappa shape index (κ2) is 7.81. The maximum atomic E-state index is 12.7. The quantitative estimate of drug-likeness (QED) is 0.831. The van der Waals surface area contributed by atoms with E-state index in [1.165, 1.54) is 12.1 Å². The molecule has 3 nitrogen and oxygen atoms in total. The summed E-state index contributed by atoms with van der Waals surface area (Å²) < 4.78 is 43.8. The molecule has 0 aliphatic carbocycles. The van der Waals surface area contributed by atoms with Crippen LogP contribution in [0.2, 0.25) is 0 Å². The van der Waals surface area contributed by atoms with Gasteiger partial charge in [-0.1, -0.05) is 30.3 Å². The van der Waals surface area contributed by atoms with E-state index in [0.29, 0.717) is 12.1 Å². The Morgan fingerprint density at radius 2 is 1.65 bits per heavy atom. The van der Waals surface area contributed by atoms with Crippen molar-refractivity contribution in [2.45, 2.75) is 45.5 Å². The van der Waals surface area contributed by atoms with Crippen LogP contribution in [-0.4, -0.2) is 11.5 Å². The van der Waals surface area contributed by atoms with Crippen molar-refractivity contribution in [3.63, 3.8) is 0 Å². The van der Waals surface area contributed by atoms with Crippen molar-refractivity contribution in [1.82, 2.24) is 5.32 Å². The molecule has 0 aliphatic rings. The summed E-state index contributed by atoms with van der Waals surface area (Å²) >= 11 is 0. The van der Waals surface area contributed by atoms with Gasteiger partial charge in [0, 0.05) is 6.54 Å². The molecule has 0 fully saturated rings. The van der Waals surface area contributed by atoms with E-state index in [2.05, 4.69) is 5.32 Å². The van der Waals surface area contributed by atoms with Gasteiger partial charge in [-0.05, 0) is 50.1 Å². The van der Waals surface area contributed by atoms with Crippen molar-refractivity contribution in [3.05, 3.63) is 65.2 Å². The number of carbonyl (C=O) groups excluding carboxylic acids is 1. The van der Waals surface area contributed by atoms with Gasteiger partial charge in [0.1, 0.15) is 11.4 Å². The van der Waals surface area contributed by atoms with Crippen LogP contribution in [0.5, 0.6) is 5.75 Å². The van der Waals surface area contributed by atoms with Gasteiger partial charge in [-0.25, -0.2) is 0 Å². The lowest BCUT2D eigenvalue weighted by atomic mass is 10.1. The zero-order chi connectivity index (χ0) is 19.4. The van der Waals surface area contributed by atoms with Crippen LogP contribution in [-0.2, 0) is 23.9 Å². The summed E-state index contributed by atoms with van der Waals surface area (Å²) in [6, 6.07) is 12.1. The first-order chi connectivity index (χ1) is 12.0.